The molecular formula is C8H14N4O2S2. The fourth-order valence-electron chi connectivity index (χ4n) is 1.83. The molecule has 0 atom stereocenters. The molecule has 0 bridgehead atoms. The van der Waals surface area contributed by atoms with E-state index in [2.05, 4.69) is 14.9 Å². The topological polar surface area (TPSA) is 98.0 Å². The average Bonchev–Trinajstić information content (AvgIpc) is 2.85. The molecule has 2 rings (SSSR count). The molecule has 1 aliphatic rings. The van der Waals surface area contributed by atoms with Gasteiger partial charge in [0.25, 0.3) is 10.0 Å². The van der Waals surface area contributed by atoms with Gasteiger partial charge in [-0.1, -0.05) is 24.2 Å². The number of hydrogen-bond acceptors (Lipinski definition) is 6. The Bertz CT molecular complexity index is 450. The van der Waals surface area contributed by atoms with Crippen LogP contribution < -0.4 is 10.5 Å². The summed E-state index contributed by atoms with van der Waals surface area (Å²) in [5, 5.41) is 7.18. The first kappa shape index (κ1) is 11.7. The first-order valence-corrected chi connectivity index (χ1v) is 7.46. The first-order chi connectivity index (χ1) is 7.58. The number of sulfonamides is 1. The lowest BCUT2D eigenvalue weighted by Gasteiger charge is -2.08. The number of nitrogens with one attached hydrogen (secondary N) is 1. The van der Waals surface area contributed by atoms with E-state index >= 15 is 0 Å². The molecule has 1 fully saturated rings. The Labute approximate surface area is 98.3 Å². The fraction of sp³-hybridized carbons (Fsp3) is 0.750. The third-order valence-electron chi connectivity index (χ3n) is 2.69. The molecule has 1 aromatic heterocycles. The normalized spacial score (nSPS) is 18.0. The Kier molecular flexibility index (Phi) is 3.41. The molecule has 0 amide bonds. The predicted molar refractivity (Wildman–Crippen MR) is 61.5 cm³/mol. The molecule has 1 heterocycles. The van der Waals surface area contributed by atoms with Gasteiger partial charge in [0.1, 0.15) is 0 Å². The van der Waals surface area contributed by atoms with Crippen LogP contribution in [0.2, 0.25) is 0 Å². The maximum absolute atomic E-state index is 11.7. The standard InChI is InChI=1S/C8H14N4O2S2/c9-7-11-12-8(15-7)16(13,14)10-5-6-3-1-2-4-6/h6,10H,1-5H2,(H2,9,11). The molecular weight excluding hydrogens is 248 g/mol. The molecule has 1 aliphatic carbocycles. The smallest absolute Gasteiger partial charge is 0.269 e. The molecule has 3 N–H and O–H groups in total. The monoisotopic (exact) mass is 262 g/mol. The van der Waals surface area contributed by atoms with E-state index in [0.29, 0.717) is 12.5 Å². The van der Waals surface area contributed by atoms with E-state index in [4.69, 9.17) is 5.73 Å². The van der Waals surface area contributed by atoms with Crippen LogP contribution in [0.3, 0.4) is 0 Å². The van der Waals surface area contributed by atoms with Gasteiger partial charge in [0.15, 0.2) is 0 Å². The minimum Gasteiger partial charge on any atom is -0.374 e. The van der Waals surface area contributed by atoms with Crippen LogP contribution in [0.1, 0.15) is 25.7 Å². The van der Waals surface area contributed by atoms with Crippen LogP contribution in [0, 0.1) is 5.92 Å². The molecule has 0 spiro atoms. The van der Waals surface area contributed by atoms with Crippen molar-refractivity contribution in [2.45, 2.75) is 30.0 Å². The van der Waals surface area contributed by atoms with E-state index in [9.17, 15) is 8.42 Å². The number of anilines is 1. The van der Waals surface area contributed by atoms with Crippen molar-refractivity contribution in [2.75, 3.05) is 12.3 Å². The van der Waals surface area contributed by atoms with Gasteiger partial charge in [-0.15, -0.1) is 10.2 Å². The summed E-state index contributed by atoms with van der Waals surface area (Å²) < 4.78 is 26.0. The summed E-state index contributed by atoms with van der Waals surface area (Å²) in [7, 11) is -3.51. The third-order valence-corrected chi connectivity index (χ3v) is 5.23. The highest BCUT2D eigenvalue weighted by Crippen LogP contribution is 2.24. The SMILES string of the molecule is Nc1nnc(S(=O)(=O)NCC2CCCC2)s1. The lowest BCUT2D eigenvalue weighted by Crippen LogP contribution is -2.28. The van der Waals surface area contributed by atoms with Crippen molar-refractivity contribution in [3.8, 4) is 0 Å². The van der Waals surface area contributed by atoms with Gasteiger partial charge >= 0.3 is 0 Å². The van der Waals surface area contributed by atoms with E-state index in [1.165, 1.54) is 12.8 Å². The number of hydrogen-bond donors (Lipinski definition) is 2. The highest BCUT2D eigenvalue weighted by atomic mass is 32.2. The number of rotatable bonds is 4. The zero-order valence-electron chi connectivity index (χ0n) is 8.72. The van der Waals surface area contributed by atoms with Crippen LogP contribution in [-0.4, -0.2) is 25.2 Å². The second-order valence-electron chi connectivity index (χ2n) is 3.91. The van der Waals surface area contributed by atoms with E-state index in [1.807, 2.05) is 0 Å². The summed E-state index contributed by atoms with van der Waals surface area (Å²) >= 11 is 0.882. The molecule has 16 heavy (non-hydrogen) atoms. The van der Waals surface area contributed by atoms with Crippen molar-refractivity contribution < 1.29 is 8.42 Å². The van der Waals surface area contributed by atoms with Gasteiger partial charge in [-0.25, -0.2) is 13.1 Å². The minimum atomic E-state index is -3.51. The van der Waals surface area contributed by atoms with E-state index in [1.54, 1.807) is 0 Å². The Hall–Kier alpha value is -0.730. The molecule has 6 nitrogen and oxygen atoms in total. The summed E-state index contributed by atoms with van der Waals surface area (Å²) in [4.78, 5) is 0. The number of aromatic nitrogens is 2. The summed E-state index contributed by atoms with van der Waals surface area (Å²) in [6.07, 6.45) is 4.58. The van der Waals surface area contributed by atoms with Crippen molar-refractivity contribution in [3.63, 3.8) is 0 Å². The number of nitrogen functional groups attached to an aromatic ring is 1. The molecule has 0 saturated heterocycles. The van der Waals surface area contributed by atoms with Gasteiger partial charge in [-0.2, -0.15) is 0 Å². The largest absolute Gasteiger partial charge is 0.374 e. The number of nitrogens with two attached hydrogens (primary N) is 1. The quantitative estimate of drug-likeness (QED) is 0.827. The molecule has 90 valence electrons. The van der Waals surface area contributed by atoms with Gasteiger partial charge in [0.05, 0.1) is 0 Å². The highest BCUT2D eigenvalue weighted by molar-refractivity contribution is 7.91. The molecule has 0 aromatic carbocycles. The van der Waals surface area contributed by atoms with Crippen molar-refractivity contribution in [2.24, 2.45) is 5.92 Å². The average molecular weight is 262 g/mol. The molecule has 0 radical (unpaired) electrons. The molecule has 0 aliphatic heterocycles. The van der Waals surface area contributed by atoms with Crippen molar-refractivity contribution in [3.05, 3.63) is 0 Å². The Morgan fingerprint density at radius 1 is 1.38 bits per heavy atom. The van der Waals surface area contributed by atoms with Gasteiger partial charge in [-0.05, 0) is 18.8 Å². The van der Waals surface area contributed by atoms with Crippen LogP contribution in [0.5, 0.6) is 0 Å². The third kappa shape index (κ3) is 2.69. The van der Waals surface area contributed by atoms with Crippen molar-refractivity contribution in [1.82, 2.24) is 14.9 Å². The van der Waals surface area contributed by atoms with Crippen molar-refractivity contribution >= 4 is 26.5 Å². The summed E-state index contributed by atoms with van der Waals surface area (Å²) in [6, 6.07) is 0. The molecule has 1 saturated carbocycles. The van der Waals surface area contributed by atoms with Crippen LogP contribution in [0.4, 0.5) is 5.13 Å². The Balaban J connectivity index is 1.97. The summed E-state index contributed by atoms with van der Waals surface area (Å²) in [5.41, 5.74) is 5.35. The Morgan fingerprint density at radius 2 is 2.06 bits per heavy atom. The first-order valence-electron chi connectivity index (χ1n) is 5.16. The van der Waals surface area contributed by atoms with E-state index in [-0.39, 0.29) is 9.47 Å². The fourth-order valence-corrected chi connectivity index (χ4v) is 3.77. The second-order valence-corrected chi connectivity index (χ2v) is 6.86. The zero-order valence-corrected chi connectivity index (χ0v) is 10.4. The van der Waals surface area contributed by atoms with Gasteiger partial charge in [-0.3, -0.25) is 0 Å². The highest BCUT2D eigenvalue weighted by Gasteiger charge is 2.22. The van der Waals surface area contributed by atoms with Crippen LogP contribution in [0.25, 0.3) is 0 Å². The van der Waals surface area contributed by atoms with Crippen LogP contribution in [-0.2, 0) is 10.0 Å². The lowest BCUT2D eigenvalue weighted by molar-refractivity contribution is 0.519. The van der Waals surface area contributed by atoms with Crippen LogP contribution in [0.15, 0.2) is 4.34 Å². The van der Waals surface area contributed by atoms with Gasteiger partial charge in [0.2, 0.25) is 9.47 Å². The number of nitrogens with zero attached hydrogens (tertiary/aromatic N) is 2. The van der Waals surface area contributed by atoms with Gasteiger partial charge < -0.3 is 5.73 Å². The second kappa shape index (κ2) is 4.64. The zero-order chi connectivity index (χ0) is 11.6. The maximum atomic E-state index is 11.7. The minimum absolute atomic E-state index is 0.0528. The van der Waals surface area contributed by atoms with E-state index in [0.717, 1.165) is 24.2 Å². The van der Waals surface area contributed by atoms with Gasteiger partial charge in [0, 0.05) is 6.54 Å². The summed E-state index contributed by atoms with van der Waals surface area (Å²) in [6.45, 7) is 0.488. The summed E-state index contributed by atoms with van der Waals surface area (Å²) in [5.74, 6) is 0.458. The molecule has 8 heteroatoms. The molecule has 0 unspecified atom stereocenters. The molecule has 1 aromatic rings. The van der Waals surface area contributed by atoms with E-state index < -0.39 is 10.0 Å². The predicted octanol–water partition coefficient (Wildman–Crippen LogP) is 0.589. The van der Waals surface area contributed by atoms with Crippen molar-refractivity contribution in [1.29, 1.82) is 0 Å². The maximum Gasteiger partial charge on any atom is 0.269 e. The Morgan fingerprint density at radius 3 is 2.62 bits per heavy atom. The van der Waals surface area contributed by atoms with Crippen LogP contribution >= 0.6 is 11.3 Å². The lowest BCUT2D eigenvalue weighted by atomic mass is 10.1.